The molecule has 0 aliphatic carbocycles. The van der Waals surface area contributed by atoms with Crippen molar-refractivity contribution < 1.29 is 0 Å². The first-order chi connectivity index (χ1) is 8.24. The Morgan fingerprint density at radius 3 is 2.71 bits per heavy atom. The zero-order valence-electron chi connectivity index (χ0n) is 10.5. The maximum atomic E-state index is 6.04. The number of fused-ring (bicyclic) bond motifs is 1. The van der Waals surface area contributed by atoms with E-state index in [1.54, 1.807) is 0 Å². The van der Waals surface area contributed by atoms with E-state index >= 15 is 0 Å². The summed E-state index contributed by atoms with van der Waals surface area (Å²) in [7, 11) is 2.19. The number of hydrogen-bond donors (Lipinski definition) is 1. The Hall–Kier alpha value is -0.940. The molecule has 1 aromatic heterocycles. The van der Waals surface area contributed by atoms with Crippen LogP contribution < -0.4 is 5.73 Å². The van der Waals surface area contributed by atoms with Crippen LogP contribution in [0.5, 0.6) is 0 Å². The predicted octanol–water partition coefficient (Wildman–Crippen LogP) is 0.361. The molecule has 94 valence electrons. The van der Waals surface area contributed by atoms with Crippen LogP contribution in [0.4, 0.5) is 0 Å². The van der Waals surface area contributed by atoms with Gasteiger partial charge < -0.3 is 15.2 Å². The molecular weight excluding hydrogens is 214 g/mol. The first kappa shape index (κ1) is 11.2. The van der Waals surface area contributed by atoms with E-state index in [2.05, 4.69) is 26.7 Å². The van der Waals surface area contributed by atoms with Crippen LogP contribution in [-0.4, -0.2) is 45.8 Å². The second-order valence-corrected chi connectivity index (χ2v) is 5.46. The second kappa shape index (κ2) is 4.38. The highest BCUT2D eigenvalue weighted by atomic mass is 15.3. The minimum absolute atomic E-state index is 0.281. The molecule has 0 bridgehead atoms. The van der Waals surface area contributed by atoms with E-state index in [0.29, 0.717) is 5.92 Å². The topological polar surface area (TPSA) is 60.0 Å². The van der Waals surface area contributed by atoms with Crippen LogP contribution in [0.25, 0.3) is 0 Å². The molecular formula is C12H21N5. The fraction of sp³-hybridized carbons (Fsp3) is 0.833. The van der Waals surface area contributed by atoms with Crippen LogP contribution in [-0.2, 0) is 13.0 Å². The van der Waals surface area contributed by atoms with Gasteiger partial charge in [-0.05, 0) is 39.4 Å². The summed E-state index contributed by atoms with van der Waals surface area (Å²) in [6, 6.07) is 0.281. The fourth-order valence-corrected chi connectivity index (χ4v) is 2.94. The van der Waals surface area contributed by atoms with E-state index in [-0.39, 0.29) is 6.04 Å². The molecule has 1 aromatic rings. The lowest BCUT2D eigenvalue weighted by Crippen LogP contribution is -2.35. The lowest BCUT2D eigenvalue weighted by atomic mass is 9.95. The second-order valence-electron chi connectivity index (χ2n) is 5.46. The average molecular weight is 235 g/mol. The number of piperidine rings is 1. The zero-order valence-corrected chi connectivity index (χ0v) is 10.5. The van der Waals surface area contributed by atoms with Crippen LogP contribution in [0.15, 0.2) is 0 Å². The summed E-state index contributed by atoms with van der Waals surface area (Å²) >= 11 is 0. The predicted molar refractivity (Wildman–Crippen MR) is 65.8 cm³/mol. The molecule has 2 aliphatic rings. The molecule has 0 radical (unpaired) electrons. The van der Waals surface area contributed by atoms with Gasteiger partial charge >= 0.3 is 0 Å². The third-order valence-electron chi connectivity index (χ3n) is 4.10. The van der Waals surface area contributed by atoms with Gasteiger partial charge in [0.2, 0.25) is 0 Å². The Bertz CT molecular complexity index is 392. The number of hydrogen-bond acceptors (Lipinski definition) is 4. The molecule has 0 amide bonds. The number of likely N-dealkylation sites (tertiary alicyclic amines) is 1. The average Bonchev–Trinajstić information content (AvgIpc) is 2.73. The van der Waals surface area contributed by atoms with Gasteiger partial charge in [-0.1, -0.05) is 0 Å². The van der Waals surface area contributed by atoms with Crippen LogP contribution >= 0.6 is 0 Å². The molecule has 1 unspecified atom stereocenters. The molecule has 2 N–H and O–H groups in total. The Morgan fingerprint density at radius 1 is 1.18 bits per heavy atom. The van der Waals surface area contributed by atoms with Crippen molar-refractivity contribution in [2.24, 2.45) is 5.73 Å². The third kappa shape index (κ3) is 2.09. The molecule has 5 nitrogen and oxygen atoms in total. The van der Waals surface area contributed by atoms with Gasteiger partial charge in [0, 0.05) is 24.9 Å². The number of nitrogens with zero attached hydrogens (tertiary/aromatic N) is 4. The minimum atomic E-state index is 0.281. The van der Waals surface area contributed by atoms with Gasteiger partial charge in [0.25, 0.3) is 0 Å². The largest absolute Gasteiger partial charge is 0.326 e. The smallest absolute Gasteiger partial charge is 0.136 e. The van der Waals surface area contributed by atoms with Crippen LogP contribution in [0.1, 0.15) is 36.8 Å². The highest BCUT2D eigenvalue weighted by Gasteiger charge is 2.27. The van der Waals surface area contributed by atoms with Crippen LogP contribution in [0, 0.1) is 0 Å². The van der Waals surface area contributed by atoms with Crippen LogP contribution in [0.2, 0.25) is 0 Å². The lowest BCUT2D eigenvalue weighted by Gasteiger charge is -2.30. The molecule has 1 atom stereocenters. The molecule has 0 spiro atoms. The van der Waals surface area contributed by atoms with Gasteiger partial charge in [0.05, 0.1) is 0 Å². The first-order valence-electron chi connectivity index (χ1n) is 6.60. The first-order valence-corrected chi connectivity index (χ1v) is 6.60. The quantitative estimate of drug-likeness (QED) is 0.763. The normalized spacial score (nSPS) is 27.1. The molecule has 5 heteroatoms. The minimum Gasteiger partial charge on any atom is -0.326 e. The summed E-state index contributed by atoms with van der Waals surface area (Å²) in [5.74, 6) is 2.90. The SMILES string of the molecule is CN1CCC(c2nnc3n2CC(N)CC3)CC1. The summed E-state index contributed by atoms with van der Waals surface area (Å²) in [4.78, 5) is 2.38. The van der Waals surface area contributed by atoms with Crippen molar-refractivity contribution in [1.82, 2.24) is 19.7 Å². The van der Waals surface area contributed by atoms with E-state index in [0.717, 1.165) is 25.2 Å². The standard InChI is InChI=1S/C12H21N5/c1-16-6-4-9(5-7-16)12-15-14-11-3-2-10(13)8-17(11)12/h9-10H,2-8,13H2,1H3. The molecule has 17 heavy (non-hydrogen) atoms. The fourth-order valence-electron chi connectivity index (χ4n) is 2.94. The molecule has 0 aromatic carbocycles. The number of nitrogens with two attached hydrogens (primary N) is 1. The summed E-state index contributed by atoms with van der Waals surface area (Å²) < 4.78 is 2.28. The number of aromatic nitrogens is 3. The molecule has 3 rings (SSSR count). The van der Waals surface area contributed by atoms with Crippen molar-refractivity contribution in [3.05, 3.63) is 11.6 Å². The van der Waals surface area contributed by atoms with Crippen molar-refractivity contribution in [3.63, 3.8) is 0 Å². The lowest BCUT2D eigenvalue weighted by molar-refractivity contribution is 0.246. The van der Waals surface area contributed by atoms with Crippen molar-refractivity contribution in [2.45, 2.75) is 44.2 Å². The van der Waals surface area contributed by atoms with Crippen molar-refractivity contribution in [3.8, 4) is 0 Å². The Balaban J connectivity index is 1.81. The summed E-state index contributed by atoms with van der Waals surface area (Å²) in [5.41, 5.74) is 6.04. The maximum absolute atomic E-state index is 6.04. The van der Waals surface area contributed by atoms with Gasteiger partial charge in [-0.3, -0.25) is 0 Å². The molecule has 2 aliphatic heterocycles. The summed E-state index contributed by atoms with van der Waals surface area (Å²) in [6.07, 6.45) is 4.43. The number of aryl methyl sites for hydroxylation is 1. The molecule has 1 fully saturated rings. The van der Waals surface area contributed by atoms with Gasteiger partial charge in [0.1, 0.15) is 11.6 Å². The van der Waals surface area contributed by atoms with Gasteiger partial charge in [0.15, 0.2) is 0 Å². The molecule has 3 heterocycles. The summed E-state index contributed by atoms with van der Waals surface area (Å²) in [5, 5.41) is 8.75. The van der Waals surface area contributed by atoms with E-state index in [9.17, 15) is 0 Å². The van der Waals surface area contributed by atoms with Crippen molar-refractivity contribution in [2.75, 3.05) is 20.1 Å². The van der Waals surface area contributed by atoms with E-state index in [1.165, 1.54) is 31.8 Å². The highest BCUT2D eigenvalue weighted by molar-refractivity contribution is 5.07. The van der Waals surface area contributed by atoms with Crippen molar-refractivity contribution in [1.29, 1.82) is 0 Å². The number of rotatable bonds is 1. The highest BCUT2D eigenvalue weighted by Crippen LogP contribution is 2.28. The molecule has 0 saturated carbocycles. The van der Waals surface area contributed by atoms with Crippen molar-refractivity contribution >= 4 is 0 Å². The monoisotopic (exact) mass is 235 g/mol. The van der Waals surface area contributed by atoms with E-state index in [4.69, 9.17) is 5.73 Å². The van der Waals surface area contributed by atoms with Gasteiger partial charge in [-0.2, -0.15) is 0 Å². The van der Waals surface area contributed by atoms with Gasteiger partial charge in [-0.25, -0.2) is 0 Å². The Morgan fingerprint density at radius 2 is 1.94 bits per heavy atom. The van der Waals surface area contributed by atoms with Crippen LogP contribution in [0.3, 0.4) is 0 Å². The van der Waals surface area contributed by atoms with Gasteiger partial charge in [-0.15, -0.1) is 10.2 Å². The molecule has 1 saturated heterocycles. The van der Waals surface area contributed by atoms with E-state index < -0.39 is 0 Å². The zero-order chi connectivity index (χ0) is 11.8. The third-order valence-corrected chi connectivity index (χ3v) is 4.10. The van der Waals surface area contributed by atoms with E-state index in [1.807, 2.05) is 0 Å². The maximum Gasteiger partial charge on any atom is 0.136 e. The summed E-state index contributed by atoms with van der Waals surface area (Å²) in [6.45, 7) is 3.24. The Kier molecular flexibility index (Phi) is 2.88. The Labute approximate surface area is 102 Å².